The van der Waals surface area contributed by atoms with Crippen molar-refractivity contribution < 1.29 is 19.1 Å². The molecule has 2 heterocycles. The first-order valence-corrected chi connectivity index (χ1v) is 9.42. The van der Waals surface area contributed by atoms with Gasteiger partial charge in [-0.15, -0.1) is 12.4 Å². The zero-order valence-corrected chi connectivity index (χ0v) is 18.7. The molecule has 0 aliphatic heterocycles. The minimum Gasteiger partial charge on any atom is -0.493 e. The van der Waals surface area contributed by atoms with Crippen LogP contribution in [-0.4, -0.2) is 41.2 Å². The minimum atomic E-state index is -0.584. The molecule has 2 aromatic heterocycles. The van der Waals surface area contributed by atoms with Crippen molar-refractivity contribution in [1.29, 1.82) is 0 Å². The van der Waals surface area contributed by atoms with E-state index in [2.05, 4.69) is 20.3 Å². The quantitative estimate of drug-likeness (QED) is 0.264. The van der Waals surface area contributed by atoms with Crippen molar-refractivity contribution in [3.8, 4) is 28.5 Å². The van der Waals surface area contributed by atoms with Gasteiger partial charge in [-0.25, -0.2) is 4.98 Å². The lowest BCUT2D eigenvalue weighted by Gasteiger charge is -2.15. The average molecular weight is 473 g/mol. The van der Waals surface area contributed by atoms with Crippen LogP contribution in [0.1, 0.15) is 0 Å². The van der Waals surface area contributed by atoms with Crippen molar-refractivity contribution in [2.45, 2.75) is 0 Å². The molecule has 0 saturated heterocycles. The molecular weight excluding hydrogens is 452 g/mol. The van der Waals surface area contributed by atoms with Gasteiger partial charge in [0.15, 0.2) is 17.2 Å². The Morgan fingerprint density at radius 2 is 1.76 bits per heavy atom. The molecule has 11 nitrogen and oxygen atoms in total. The van der Waals surface area contributed by atoms with Crippen molar-refractivity contribution in [2.75, 3.05) is 32.4 Å². The highest BCUT2D eigenvalue weighted by molar-refractivity contribution is 5.97. The van der Waals surface area contributed by atoms with E-state index < -0.39 is 4.92 Å². The van der Waals surface area contributed by atoms with Crippen LogP contribution in [0, 0.1) is 10.1 Å². The van der Waals surface area contributed by atoms with Gasteiger partial charge in [0.1, 0.15) is 0 Å². The molecule has 0 aliphatic rings. The van der Waals surface area contributed by atoms with Crippen molar-refractivity contribution in [2.24, 2.45) is 0 Å². The molecule has 0 saturated carbocycles. The molecule has 0 radical (unpaired) electrons. The number of fused-ring (bicyclic) bond motifs is 1. The first-order chi connectivity index (χ1) is 15.5. The standard InChI is InChI=1S/C21H20N6O5.ClH/c1-30-15-9-11(10-16(31-2)19(15)32-3)24-21-25-17(18(27(28)29)20(22)26-21)13-5-4-6-14-12(13)7-8-23-14;/h4-10,23H,1-3H3,(H3,22,24,25,26);1H. The van der Waals surface area contributed by atoms with E-state index in [0.29, 0.717) is 28.5 Å². The third-order valence-electron chi connectivity index (χ3n) is 4.86. The smallest absolute Gasteiger partial charge is 0.337 e. The summed E-state index contributed by atoms with van der Waals surface area (Å²) < 4.78 is 16.0. The van der Waals surface area contributed by atoms with Crippen LogP contribution in [-0.2, 0) is 0 Å². The molecule has 0 fully saturated rings. The summed E-state index contributed by atoms with van der Waals surface area (Å²) in [5.74, 6) is 1.07. The maximum atomic E-state index is 11.8. The Morgan fingerprint density at radius 3 is 2.36 bits per heavy atom. The summed E-state index contributed by atoms with van der Waals surface area (Å²) in [6.07, 6.45) is 1.75. The Hall–Kier alpha value is -4.25. The minimum absolute atomic E-state index is 0. The highest BCUT2D eigenvalue weighted by Crippen LogP contribution is 2.41. The molecule has 12 heteroatoms. The number of aromatic amines is 1. The second-order valence-electron chi connectivity index (χ2n) is 6.67. The summed E-state index contributed by atoms with van der Waals surface area (Å²) in [5, 5.41) is 15.6. The lowest BCUT2D eigenvalue weighted by Crippen LogP contribution is -2.07. The third kappa shape index (κ3) is 4.26. The molecule has 0 bridgehead atoms. The third-order valence-corrected chi connectivity index (χ3v) is 4.86. The van der Waals surface area contributed by atoms with Crippen LogP contribution in [0.2, 0.25) is 0 Å². The number of rotatable bonds is 7. The number of nitrogens with two attached hydrogens (primary N) is 1. The molecule has 33 heavy (non-hydrogen) atoms. The van der Waals surface area contributed by atoms with Crippen LogP contribution in [0.15, 0.2) is 42.6 Å². The fourth-order valence-electron chi connectivity index (χ4n) is 3.47. The summed E-state index contributed by atoms with van der Waals surface area (Å²) in [6, 6.07) is 10.5. The van der Waals surface area contributed by atoms with Gasteiger partial charge < -0.3 is 30.2 Å². The fourth-order valence-corrected chi connectivity index (χ4v) is 3.47. The van der Waals surface area contributed by atoms with Crippen LogP contribution in [0.25, 0.3) is 22.2 Å². The number of methoxy groups -OCH3 is 3. The molecule has 4 N–H and O–H groups in total. The van der Waals surface area contributed by atoms with Crippen molar-refractivity contribution in [3.63, 3.8) is 0 Å². The monoisotopic (exact) mass is 472 g/mol. The zero-order chi connectivity index (χ0) is 22.8. The topological polar surface area (TPSA) is 150 Å². The zero-order valence-electron chi connectivity index (χ0n) is 17.9. The maximum absolute atomic E-state index is 11.8. The number of hydrogen-bond donors (Lipinski definition) is 3. The number of ether oxygens (including phenoxy) is 3. The van der Waals surface area contributed by atoms with E-state index in [0.717, 1.165) is 10.9 Å². The van der Waals surface area contributed by atoms with E-state index >= 15 is 0 Å². The number of halogens is 1. The Labute approximate surface area is 194 Å². The second kappa shape index (κ2) is 9.49. The van der Waals surface area contributed by atoms with E-state index in [-0.39, 0.29) is 35.6 Å². The number of hydrogen-bond acceptors (Lipinski definition) is 9. The molecule has 0 unspecified atom stereocenters. The highest BCUT2D eigenvalue weighted by Gasteiger charge is 2.26. The predicted molar refractivity (Wildman–Crippen MR) is 127 cm³/mol. The van der Waals surface area contributed by atoms with Gasteiger partial charge in [0.05, 0.1) is 26.3 Å². The number of benzene rings is 2. The first-order valence-electron chi connectivity index (χ1n) is 9.42. The molecule has 172 valence electrons. The Bertz CT molecular complexity index is 1300. The van der Waals surface area contributed by atoms with Gasteiger partial charge in [0.25, 0.3) is 0 Å². The van der Waals surface area contributed by atoms with Gasteiger partial charge >= 0.3 is 5.69 Å². The van der Waals surface area contributed by atoms with Gasteiger partial charge in [0, 0.05) is 40.5 Å². The second-order valence-corrected chi connectivity index (χ2v) is 6.67. The van der Waals surface area contributed by atoms with Gasteiger partial charge in [0.2, 0.25) is 17.5 Å². The van der Waals surface area contributed by atoms with Crippen LogP contribution in [0.5, 0.6) is 17.2 Å². The lowest BCUT2D eigenvalue weighted by molar-refractivity contribution is -0.383. The number of H-pyrrole nitrogens is 1. The summed E-state index contributed by atoms with van der Waals surface area (Å²) in [5.41, 5.74) is 7.59. The largest absolute Gasteiger partial charge is 0.493 e. The normalized spacial score (nSPS) is 10.4. The average Bonchev–Trinajstić information content (AvgIpc) is 3.26. The Kier molecular flexibility index (Phi) is 6.73. The number of nitrogen functional groups attached to an aromatic ring is 1. The highest BCUT2D eigenvalue weighted by atomic mass is 35.5. The summed E-state index contributed by atoms with van der Waals surface area (Å²) in [7, 11) is 4.50. The van der Waals surface area contributed by atoms with Crippen LogP contribution in [0.3, 0.4) is 0 Å². The van der Waals surface area contributed by atoms with Gasteiger partial charge in [-0.1, -0.05) is 12.1 Å². The van der Waals surface area contributed by atoms with E-state index in [1.807, 2.05) is 12.1 Å². The summed E-state index contributed by atoms with van der Waals surface area (Å²) in [6.45, 7) is 0. The number of aromatic nitrogens is 3. The van der Waals surface area contributed by atoms with Crippen molar-refractivity contribution >= 4 is 46.5 Å². The molecular formula is C21H21ClN6O5. The van der Waals surface area contributed by atoms with Crippen LogP contribution >= 0.6 is 12.4 Å². The molecule has 0 atom stereocenters. The van der Waals surface area contributed by atoms with Gasteiger partial charge in [-0.2, -0.15) is 4.98 Å². The number of nitro groups is 1. The van der Waals surface area contributed by atoms with Gasteiger partial charge in [-0.05, 0) is 12.1 Å². The van der Waals surface area contributed by atoms with E-state index in [1.54, 1.807) is 30.5 Å². The number of nitrogens with zero attached hydrogens (tertiary/aromatic N) is 3. The lowest BCUT2D eigenvalue weighted by atomic mass is 10.1. The van der Waals surface area contributed by atoms with E-state index in [1.165, 1.54) is 21.3 Å². The van der Waals surface area contributed by atoms with Crippen molar-refractivity contribution in [1.82, 2.24) is 15.0 Å². The maximum Gasteiger partial charge on any atom is 0.337 e. The molecule has 0 spiro atoms. The van der Waals surface area contributed by atoms with Crippen molar-refractivity contribution in [3.05, 3.63) is 52.7 Å². The number of nitrogens with one attached hydrogen (secondary N) is 2. The molecule has 0 aliphatic carbocycles. The summed E-state index contributed by atoms with van der Waals surface area (Å²) >= 11 is 0. The van der Waals surface area contributed by atoms with Gasteiger partial charge in [-0.3, -0.25) is 10.1 Å². The molecule has 0 amide bonds. The predicted octanol–water partition coefficient (Wildman–Crippen LogP) is 4.31. The fraction of sp³-hybridized carbons (Fsp3) is 0.143. The SMILES string of the molecule is COc1cc(Nc2nc(N)c([N+](=O)[O-])c(-c3cccc4[nH]ccc34)n2)cc(OC)c1OC.Cl. The Balaban J connectivity index is 0.00000306. The summed E-state index contributed by atoms with van der Waals surface area (Å²) in [4.78, 5) is 22.8. The van der Waals surface area contributed by atoms with E-state index in [4.69, 9.17) is 19.9 Å². The molecule has 4 aromatic rings. The van der Waals surface area contributed by atoms with E-state index in [9.17, 15) is 10.1 Å². The van der Waals surface area contributed by atoms with Crippen LogP contribution in [0.4, 0.5) is 23.1 Å². The number of anilines is 3. The van der Waals surface area contributed by atoms with Crippen LogP contribution < -0.4 is 25.3 Å². The Morgan fingerprint density at radius 1 is 1.06 bits per heavy atom. The first kappa shape index (κ1) is 23.4. The molecule has 2 aromatic carbocycles. The molecule has 4 rings (SSSR count).